The summed E-state index contributed by atoms with van der Waals surface area (Å²) in [6.07, 6.45) is 0.653. The summed E-state index contributed by atoms with van der Waals surface area (Å²) in [5.41, 5.74) is -0.130. The third kappa shape index (κ3) is 3.96. The first-order chi connectivity index (χ1) is 12.4. The maximum absolute atomic E-state index is 13.6. The topological polar surface area (TPSA) is 79.7 Å². The lowest BCUT2D eigenvalue weighted by Gasteiger charge is -2.32. The van der Waals surface area contributed by atoms with E-state index >= 15 is 0 Å². The molecular weight excluding hydrogens is 346 g/mol. The Morgan fingerprint density at radius 3 is 2.46 bits per heavy atom. The first-order valence-corrected chi connectivity index (χ1v) is 8.05. The monoisotopic (exact) mass is 362 g/mol. The van der Waals surface area contributed by atoms with Crippen molar-refractivity contribution in [3.63, 3.8) is 0 Å². The largest absolute Gasteiger partial charge is 0.487 e. The number of hydrogen-bond donors (Lipinski definition) is 1. The highest BCUT2D eigenvalue weighted by molar-refractivity contribution is 5.94. The molecule has 1 aliphatic heterocycles. The Morgan fingerprint density at radius 2 is 1.81 bits per heavy atom. The van der Waals surface area contributed by atoms with Gasteiger partial charge in [-0.3, -0.25) is 4.79 Å². The van der Waals surface area contributed by atoms with Gasteiger partial charge in [-0.1, -0.05) is 6.07 Å². The van der Waals surface area contributed by atoms with Crippen molar-refractivity contribution in [1.29, 1.82) is 0 Å². The van der Waals surface area contributed by atoms with Gasteiger partial charge in [0.1, 0.15) is 23.3 Å². The molecule has 0 unspecified atom stereocenters. The number of benzene rings is 1. The zero-order valence-electron chi connectivity index (χ0n) is 13.7. The number of carboxylic acid groups (broad SMARTS) is 1. The molecule has 0 atom stereocenters. The molecular formula is C18H16F2N2O4. The summed E-state index contributed by atoms with van der Waals surface area (Å²) in [6.45, 7) is 0.733. The van der Waals surface area contributed by atoms with Gasteiger partial charge in [0.15, 0.2) is 11.6 Å². The molecule has 1 N–H and O–H groups in total. The van der Waals surface area contributed by atoms with E-state index in [9.17, 15) is 18.4 Å². The summed E-state index contributed by atoms with van der Waals surface area (Å²) < 4.78 is 32.1. The van der Waals surface area contributed by atoms with Crippen LogP contribution >= 0.6 is 0 Å². The SMILES string of the molecule is O=C(O)c1cccc(C(=O)N2CCC(Oc3ccc(F)cc3F)CC2)n1. The summed E-state index contributed by atoms with van der Waals surface area (Å²) in [5, 5.41) is 8.96. The zero-order chi connectivity index (χ0) is 18.7. The number of likely N-dealkylation sites (tertiary alicyclic amines) is 1. The maximum Gasteiger partial charge on any atom is 0.354 e. The number of carbonyl (C=O) groups excluding carboxylic acids is 1. The Morgan fingerprint density at radius 1 is 1.12 bits per heavy atom. The molecule has 1 saturated heterocycles. The van der Waals surface area contributed by atoms with E-state index in [1.807, 2.05) is 0 Å². The summed E-state index contributed by atoms with van der Waals surface area (Å²) >= 11 is 0. The Labute approximate surface area is 148 Å². The lowest BCUT2D eigenvalue weighted by atomic mass is 10.1. The van der Waals surface area contributed by atoms with Crippen LogP contribution in [0.2, 0.25) is 0 Å². The van der Waals surface area contributed by atoms with E-state index in [-0.39, 0.29) is 29.1 Å². The van der Waals surface area contributed by atoms with Gasteiger partial charge < -0.3 is 14.7 Å². The van der Waals surface area contributed by atoms with Crippen molar-refractivity contribution in [2.24, 2.45) is 0 Å². The van der Waals surface area contributed by atoms with Crippen LogP contribution in [0.5, 0.6) is 5.75 Å². The summed E-state index contributed by atoms with van der Waals surface area (Å²) in [5.74, 6) is -3.02. The fourth-order valence-corrected chi connectivity index (χ4v) is 2.76. The summed E-state index contributed by atoms with van der Waals surface area (Å²) in [7, 11) is 0. The average molecular weight is 362 g/mol. The normalized spacial score (nSPS) is 14.9. The summed E-state index contributed by atoms with van der Waals surface area (Å²) in [4.78, 5) is 28.8. The molecule has 1 amide bonds. The zero-order valence-corrected chi connectivity index (χ0v) is 13.7. The molecule has 0 aliphatic carbocycles. The van der Waals surface area contributed by atoms with Crippen LogP contribution in [0.4, 0.5) is 8.78 Å². The van der Waals surface area contributed by atoms with Gasteiger partial charge in [-0.2, -0.15) is 0 Å². The Kier molecular flexibility index (Phi) is 5.11. The van der Waals surface area contributed by atoms with Crippen molar-refractivity contribution < 1.29 is 28.2 Å². The quantitative estimate of drug-likeness (QED) is 0.905. The highest BCUT2D eigenvalue weighted by Crippen LogP contribution is 2.23. The molecule has 1 fully saturated rings. The number of nitrogens with zero attached hydrogens (tertiary/aromatic N) is 2. The van der Waals surface area contributed by atoms with E-state index in [4.69, 9.17) is 9.84 Å². The molecule has 0 bridgehead atoms. The van der Waals surface area contributed by atoms with Crippen LogP contribution in [0.25, 0.3) is 0 Å². The van der Waals surface area contributed by atoms with Crippen LogP contribution in [0.3, 0.4) is 0 Å². The predicted molar refractivity (Wildman–Crippen MR) is 87.1 cm³/mol. The van der Waals surface area contributed by atoms with Crippen LogP contribution in [0.1, 0.15) is 33.8 Å². The molecule has 136 valence electrons. The molecule has 1 aliphatic rings. The minimum Gasteiger partial charge on any atom is -0.487 e. The first-order valence-electron chi connectivity index (χ1n) is 8.05. The number of piperidine rings is 1. The number of amides is 1. The fourth-order valence-electron chi connectivity index (χ4n) is 2.76. The van der Waals surface area contributed by atoms with Crippen molar-refractivity contribution in [2.75, 3.05) is 13.1 Å². The van der Waals surface area contributed by atoms with Gasteiger partial charge in [-0.05, 0) is 24.3 Å². The molecule has 3 rings (SSSR count). The van der Waals surface area contributed by atoms with Gasteiger partial charge in [0.2, 0.25) is 0 Å². The van der Waals surface area contributed by atoms with E-state index in [1.165, 1.54) is 24.3 Å². The first kappa shape index (κ1) is 17.8. The molecule has 2 heterocycles. The Bertz CT molecular complexity index is 836. The average Bonchev–Trinajstić information content (AvgIpc) is 2.64. The molecule has 1 aromatic heterocycles. The van der Waals surface area contributed by atoms with Gasteiger partial charge in [0.25, 0.3) is 5.91 Å². The lowest BCUT2D eigenvalue weighted by Crippen LogP contribution is -2.42. The van der Waals surface area contributed by atoms with E-state index in [1.54, 1.807) is 4.90 Å². The van der Waals surface area contributed by atoms with Crippen molar-refractivity contribution in [2.45, 2.75) is 18.9 Å². The van der Waals surface area contributed by atoms with Crippen molar-refractivity contribution in [1.82, 2.24) is 9.88 Å². The van der Waals surface area contributed by atoms with Gasteiger partial charge >= 0.3 is 5.97 Å². The van der Waals surface area contributed by atoms with E-state index in [0.717, 1.165) is 12.1 Å². The number of hydrogen-bond acceptors (Lipinski definition) is 4. The molecule has 2 aromatic rings. The molecule has 6 nitrogen and oxygen atoms in total. The van der Waals surface area contributed by atoms with Gasteiger partial charge in [0, 0.05) is 32.0 Å². The van der Waals surface area contributed by atoms with E-state index in [2.05, 4.69) is 4.98 Å². The van der Waals surface area contributed by atoms with Crippen LogP contribution in [0, 0.1) is 11.6 Å². The van der Waals surface area contributed by atoms with Crippen molar-refractivity contribution in [3.05, 3.63) is 59.4 Å². The second kappa shape index (κ2) is 7.47. The number of carbonyl (C=O) groups is 2. The standard InChI is InChI=1S/C18H16F2N2O4/c19-11-4-5-16(13(20)10-11)26-12-6-8-22(9-7-12)17(23)14-2-1-3-15(21-14)18(24)25/h1-5,10,12H,6-9H2,(H,24,25). The molecule has 0 saturated carbocycles. The Balaban J connectivity index is 1.60. The fraction of sp³-hybridized carbons (Fsp3) is 0.278. The number of pyridine rings is 1. The third-order valence-electron chi connectivity index (χ3n) is 4.10. The Hall–Kier alpha value is -3.03. The highest BCUT2D eigenvalue weighted by atomic mass is 19.1. The van der Waals surface area contributed by atoms with Gasteiger partial charge in [0.05, 0.1) is 0 Å². The molecule has 26 heavy (non-hydrogen) atoms. The molecule has 8 heteroatoms. The second-order valence-corrected chi connectivity index (χ2v) is 5.90. The van der Waals surface area contributed by atoms with Gasteiger partial charge in [-0.25, -0.2) is 18.6 Å². The van der Waals surface area contributed by atoms with Crippen LogP contribution in [-0.2, 0) is 0 Å². The predicted octanol–water partition coefficient (Wildman–Crippen LogP) is 2.74. The lowest BCUT2D eigenvalue weighted by molar-refractivity contribution is 0.0582. The third-order valence-corrected chi connectivity index (χ3v) is 4.10. The van der Waals surface area contributed by atoms with E-state index < -0.39 is 17.6 Å². The summed E-state index contributed by atoms with van der Waals surface area (Å²) in [6, 6.07) is 7.37. The van der Waals surface area contributed by atoms with Crippen LogP contribution < -0.4 is 4.74 Å². The molecule has 1 aromatic carbocycles. The van der Waals surface area contributed by atoms with Crippen LogP contribution in [-0.4, -0.2) is 46.1 Å². The molecule has 0 spiro atoms. The number of carboxylic acids is 1. The number of halogens is 2. The smallest absolute Gasteiger partial charge is 0.354 e. The number of aromatic nitrogens is 1. The highest BCUT2D eigenvalue weighted by Gasteiger charge is 2.26. The van der Waals surface area contributed by atoms with Crippen molar-refractivity contribution >= 4 is 11.9 Å². The molecule has 0 radical (unpaired) electrons. The number of rotatable bonds is 4. The second-order valence-electron chi connectivity index (χ2n) is 5.90. The number of ether oxygens (including phenoxy) is 1. The van der Waals surface area contributed by atoms with Crippen LogP contribution in [0.15, 0.2) is 36.4 Å². The van der Waals surface area contributed by atoms with Gasteiger partial charge in [-0.15, -0.1) is 0 Å². The minimum atomic E-state index is -1.20. The minimum absolute atomic E-state index is 0.0213. The number of aromatic carboxylic acids is 1. The van der Waals surface area contributed by atoms with Crippen molar-refractivity contribution in [3.8, 4) is 5.75 Å². The maximum atomic E-state index is 13.6. The van der Waals surface area contributed by atoms with E-state index in [0.29, 0.717) is 25.9 Å².